The number of rotatable bonds is 4. The topological polar surface area (TPSA) is 118 Å². The van der Waals surface area contributed by atoms with Crippen LogP contribution < -0.4 is 5.73 Å². The number of carbonyl (C=O) groups is 2. The molecule has 18 heavy (non-hydrogen) atoms. The van der Waals surface area contributed by atoms with Gasteiger partial charge >= 0.3 is 11.9 Å². The quantitative estimate of drug-likeness (QED) is 0.517. The summed E-state index contributed by atoms with van der Waals surface area (Å²) in [5.41, 5.74) is 3.19. The summed E-state index contributed by atoms with van der Waals surface area (Å²) in [7, 11) is 0. The molecule has 1 heterocycles. The van der Waals surface area contributed by atoms with Crippen molar-refractivity contribution in [2.45, 2.75) is 38.3 Å². The number of aromatic nitrogens is 2. The molecular weight excluding hydrogens is 238 g/mol. The van der Waals surface area contributed by atoms with Crippen LogP contribution in [0.15, 0.2) is 12.5 Å². The van der Waals surface area contributed by atoms with Crippen LogP contribution in [-0.4, -0.2) is 38.2 Å². The zero-order valence-corrected chi connectivity index (χ0v) is 10.6. The molecule has 0 amide bonds. The third-order valence-electron chi connectivity index (χ3n) is 2.17. The summed E-state index contributed by atoms with van der Waals surface area (Å²) >= 11 is 0. The van der Waals surface area contributed by atoms with E-state index in [0.717, 1.165) is 0 Å². The number of aromatic amines is 1. The average Bonchev–Trinajstić information content (AvgIpc) is 2.66. The van der Waals surface area contributed by atoms with Crippen molar-refractivity contribution in [1.29, 1.82) is 0 Å². The lowest BCUT2D eigenvalue weighted by molar-refractivity contribution is -0.169. The molecule has 0 aliphatic carbocycles. The summed E-state index contributed by atoms with van der Waals surface area (Å²) < 4.78 is 5.03. The fraction of sp³-hybridized carbons (Fsp3) is 0.545. The molecular formula is C11H17N3O4. The molecule has 0 bridgehead atoms. The van der Waals surface area contributed by atoms with Crippen molar-refractivity contribution < 1.29 is 19.4 Å². The molecule has 0 spiro atoms. The smallest absolute Gasteiger partial charge is 0.338 e. The van der Waals surface area contributed by atoms with Gasteiger partial charge in [0.25, 0.3) is 0 Å². The number of ether oxygens (including phenoxy) is 1. The molecule has 7 nitrogen and oxygen atoms in total. The molecule has 0 unspecified atom stereocenters. The molecule has 1 rings (SSSR count). The van der Waals surface area contributed by atoms with Crippen LogP contribution in [0.3, 0.4) is 0 Å². The van der Waals surface area contributed by atoms with E-state index >= 15 is 0 Å². The van der Waals surface area contributed by atoms with Crippen LogP contribution in [0.4, 0.5) is 0 Å². The van der Waals surface area contributed by atoms with Gasteiger partial charge in [-0.3, -0.25) is 0 Å². The summed E-state index contributed by atoms with van der Waals surface area (Å²) in [4.78, 5) is 29.5. The summed E-state index contributed by atoms with van der Waals surface area (Å²) in [5.74, 6) is -2.41. The first-order chi connectivity index (χ1) is 8.15. The van der Waals surface area contributed by atoms with Gasteiger partial charge in [-0.15, -0.1) is 0 Å². The highest BCUT2D eigenvalue weighted by Crippen LogP contribution is 2.16. The van der Waals surface area contributed by atoms with Crippen molar-refractivity contribution in [3.63, 3.8) is 0 Å². The maximum absolute atomic E-state index is 11.9. The molecule has 0 radical (unpaired) electrons. The number of carboxylic acids is 1. The first-order valence-corrected chi connectivity index (χ1v) is 5.38. The number of nitrogens with zero attached hydrogens (tertiary/aromatic N) is 1. The summed E-state index contributed by atoms with van der Waals surface area (Å²) in [6.07, 6.45) is 2.58. The van der Waals surface area contributed by atoms with Gasteiger partial charge < -0.3 is 20.6 Å². The molecule has 7 heteroatoms. The zero-order chi connectivity index (χ0) is 14.0. The summed E-state index contributed by atoms with van der Waals surface area (Å²) in [6, 6.07) is 0. The lowest BCUT2D eigenvalue weighted by Crippen LogP contribution is -2.58. The van der Waals surface area contributed by atoms with Crippen molar-refractivity contribution in [1.82, 2.24) is 9.97 Å². The van der Waals surface area contributed by atoms with E-state index in [4.69, 9.17) is 15.6 Å². The molecule has 1 aromatic rings. The van der Waals surface area contributed by atoms with Crippen LogP contribution in [0, 0.1) is 0 Å². The van der Waals surface area contributed by atoms with E-state index in [-0.39, 0.29) is 6.42 Å². The van der Waals surface area contributed by atoms with Crippen molar-refractivity contribution in [2.24, 2.45) is 5.73 Å². The molecule has 1 aromatic heterocycles. The molecule has 0 saturated carbocycles. The van der Waals surface area contributed by atoms with Crippen LogP contribution >= 0.6 is 0 Å². The minimum atomic E-state index is -2.13. The number of H-pyrrole nitrogens is 1. The Hall–Kier alpha value is -1.89. The number of aliphatic carboxylic acids is 1. The average molecular weight is 255 g/mol. The Morgan fingerprint density at radius 2 is 2.11 bits per heavy atom. The van der Waals surface area contributed by atoms with Gasteiger partial charge in [0.1, 0.15) is 5.60 Å². The molecule has 0 aliphatic rings. The third-order valence-corrected chi connectivity index (χ3v) is 2.17. The van der Waals surface area contributed by atoms with E-state index in [1.165, 1.54) is 12.5 Å². The molecule has 0 saturated heterocycles. The highest BCUT2D eigenvalue weighted by atomic mass is 16.6. The fourth-order valence-electron chi connectivity index (χ4n) is 1.29. The highest BCUT2D eigenvalue weighted by Gasteiger charge is 2.46. The van der Waals surface area contributed by atoms with Gasteiger partial charge in [-0.25, -0.2) is 14.6 Å². The van der Waals surface area contributed by atoms with Gasteiger partial charge in [-0.05, 0) is 20.8 Å². The molecule has 0 aromatic carbocycles. The van der Waals surface area contributed by atoms with E-state index in [1.807, 2.05) is 0 Å². The Bertz CT molecular complexity index is 436. The number of carboxylic acid groups (broad SMARTS) is 1. The van der Waals surface area contributed by atoms with Crippen molar-refractivity contribution in [2.75, 3.05) is 0 Å². The minimum absolute atomic E-state index is 0.211. The Labute approximate surface area is 104 Å². The van der Waals surface area contributed by atoms with E-state index in [9.17, 15) is 9.59 Å². The Balaban J connectivity index is 2.93. The van der Waals surface area contributed by atoms with Crippen LogP contribution in [0.5, 0.6) is 0 Å². The predicted molar refractivity (Wildman–Crippen MR) is 62.7 cm³/mol. The van der Waals surface area contributed by atoms with Gasteiger partial charge in [0.15, 0.2) is 0 Å². The minimum Gasteiger partial charge on any atom is -0.479 e. The van der Waals surface area contributed by atoms with E-state index in [2.05, 4.69) is 9.97 Å². The molecule has 1 atom stereocenters. The lowest BCUT2D eigenvalue weighted by atomic mass is 9.94. The normalized spacial score (nSPS) is 14.9. The number of nitrogens with two attached hydrogens (primary N) is 1. The molecule has 4 N–H and O–H groups in total. The monoisotopic (exact) mass is 255 g/mol. The second kappa shape index (κ2) is 4.77. The second-order valence-corrected chi connectivity index (χ2v) is 5.03. The van der Waals surface area contributed by atoms with Crippen LogP contribution in [0.25, 0.3) is 0 Å². The van der Waals surface area contributed by atoms with Gasteiger partial charge in [0, 0.05) is 18.3 Å². The Kier molecular flexibility index (Phi) is 3.76. The third kappa shape index (κ3) is 3.30. The number of nitrogens with one attached hydrogen (secondary N) is 1. The Morgan fingerprint density at radius 3 is 2.50 bits per heavy atom. The highest BCUT2D eigenvalue weighted by molar-refractivity contribution is 6.04. The molecule has 100 valence electrons. The van der Waals surface area contributed by atoms with Gasteiger partial charge in [0.2, 0.25) is 5.54 Å². The first-order valence-electron chi connectivity index (χ1n) is 5.38. The van der Waals surface area contributed by atoms with Crippen LogP contribution in [-0.2, 0) is 20.7 Å². The van der Waals surface area contributed by atoms with Gasteiger partial charge in [0.05, 0.1) is 6.33 Å². The summed E-state index contributed by atoms with van der Waals surface area (Å²) in [5, 5.41) is 9.14. The van der Waals surface area contributed by atoms with Crippen LogP contribution in [0.1, 0.15) is 26.5 Å². The maximum atomic E-state index is 11.9. The van der Waals surface area contributed by atoms with Crippen molar-refractivity contribution in [3.05, 3.63) is 18.2 Å². The maximum Gasteiger partial charge on any atom is 0.338 e. The van der Waals surface area contributed by atoms with Crippen molar-refractivity contribution in [3.8, 4) is 0 Å². The first kappa shape index (κ1) is 14.2. The Morgan fingerprint density at radius 1 is 1.50 bits per heavy atom. The number of hydrogen-bond donors (Lipinski definition) is 3. The SMILES string of the molecule is CC(C)(C)OC(=O)[C@](N)(Cc1cnc[nH]1)C(=O)O. The molecule has 0 aliphatic heterocycles. The van der Waals surface area contributed by atoms with Gasteiger partial charge in [-0.1, -0.05) is 0 Å². The fourth-order valence-corrected chi connectivity index (χ4v) is 1.29. The second-order valence-electron chi connectivity index (χ2n) is 5.03. The molecule has 0 fully saturated rings. The van der Waals surface area contributed by atoms with E-state index in [1.54, 1.807) is 20.8 Å². The zero-order valence-electron chi connectivity index (χ0n) is 10.6. The standard InChI is InChI=1S/C11H17N3O4/c1-10(2,3)18-9(17)11(12,8(15)16)4-7-5-13-6-14-7/h5-6H,4,12H2,1-3H3,(H,13,14)(H,15,16)/t11-/m0/s1. The number of esters is 1. The van der Waals surface area contributed by atoms with Crippen molar-refractivity contribution >= 4 is 11.9 Å². The number of carbonyl (C=O) groups excluding carboxylic acids is 1. The van der Waals surface area contributed by atoms with E-state index in [0.29, 0.717) is 5.69 Å². The number of imidazole rings is 1. The predicted octanol–water partition coefficient (Wildman–Crippen LogP) is 0.0760. The van der Waals surface area contributed by atoms with Gasteiger partial charge in [-0.2, -0.15) is 0 Å². The van der Waals surface area contributed by atoms with E-state index < -0.39 is 23.1 Å². The summed E-state index contributed by atoms with van der Waals surface area (Å²) in [6.45, 7) is 4.93. The van der Waals surface area contributed by atoms with Crippen LogP contribution in [0.2, 0.25) is 0 Å². The lowest BCUT2D eigenvalue weighted by Gasteiger charge is -2.27. The number of hydrogen-bond acceptors (Lipinski definition) is 5. The largest absolute Gasteiger partial charge is 0.479 e.